The molecule has 1 N–H and O–H groups in total. The first-order valence-electron chi connectivity index (χ1n) is 6.83. The van der Waals surface area contributed by atoms with Crippen molar-refractivity contribution in [2.75, 3.05) is 6.54 Å². The summed E-state index contributed by atoms with van der Waals surface area (Å²) in [4.78, 5) is 12.4. The molecule has 1 heterocycles. The smallest absolute Gasteiger partial charge is 0.258 e. The summed E-state index contributed by atoms with van der Waals surface area (Å²) < 4.78 is 1.79. The second-order valence-corrected chi connectivity index (χ2v) is 5.01. The molecule has 0 aliphatic heterocycles. The Balaban J connectivity index is 1.80. The molecule has 98 valence electrons. The number of pyridine rings is 1. The van der Waals surface area contributed by atoms with Gasteiger partial charge in [-0.3, -0.25) is 4.79 Å². The monoisotopic (exact) mass is 254 g/mol. The minimum absolute atomic E-state index is 0.0892. The fourth-order valence-electron chi connectivity index (χ4n) is 2.23. The lowest BCUT2D eigenvalue weighted by Crippen LogP contribution is -2.28. The minimum atomic E-state index is 0.0892. The third-order valence-electron chi connectivity index (χ3n) is 3.47. The fraction of sp³-hybridized carbons (Fsp3) is 0.312. The first kappa shape index (κ1) is 12.2. The van der Waals surface area contributed by atoms with Crippen molar-refractivity contribution in [3.05, 3.63) is 59.0 Å². The average molecular weight is 254 g/mol. The van der Waals surface area contributed by atoms with Crippen molar-refractivity contribution in [3.63, 3.8) is 0 Å². The van der Waals surface area contributed by atoms with Crippen molar-refractivity contribution < 1.29 is 0 Å². The Hall–Kier alpha value is -1.87. The summed E-state index contributed by atoms with van der Waals surface area (Å²) in [6.07, 6.45) is 4.42. The van der Waals surface area contributed by atoms with Gasteiger partial charge in [0, 0.05) is 30.9 Å². The zero-order valence-corrected chi connectivity index (χ0v) is 10.9. The maximum Gasteiger partial charge on any atom is 0.258 e. The van der Waals surface area contributed by atoms with Crippen LogP contribution in [0.2, 0.25) is 0 Å². The van der Waals surface area contributed by atoms with Crippen LogP contribution in [0.3, 0.4) is 0 Å². The van der Waals surface area contributed by atoms with E-state index in [-0.39, 0.29) is 5.56 Å². The molecule has 1 aliphatic rings. The predicted octanol–water partition coefficient (Wildman–Crippen LogP) is 2.27. The molecule has 1 saturated carbocycles. The molecule has 0 spiro atoms. The van der Waals surface area contributed by atoms with Crippen molar-refractivity contribution in [1.29, 1.82) is 0 Å². The van der Waals surface area contributed by atoms with Crippen LogP contribution >= 0.6 is 0 Å². The molecular formula is C16H18N2O. The molecule has 19 heavy (non-hydrogen) atoms. The number of nitrogens with zero attached hydrogens (tertiary/aromatic N) is 1. The molecule has 3 heteroatoms. The molecule has 0 amide bonds. The van der Waals surface area contributed by atoms with E-state index < -0.39 is 0 Å². The van der Waals surface area contributed by atoms with E-state index in [0.29, 0.717) is 6.04 Å². The topological polar surface area (TPSA) is 34.0 Å². The van der Waals surface area contributed by atoms with Gasteiger partial charge >= 0.3 is 0 Å². The lowest BCUT2D eigenvalue weighted by Gasteiger charge is -2.08. The summed E-state index contributed by atoms with van der Waals surface area (Å²) in [5.74, 6) is 0. The van der Waals surface area contributed by atoms with E-state index in [1.54, 1.807) is 4.57 Å². The summed E-state index contributed by atoms with van der Waals surface area (Å²) in [6.45, 7) is 1.60. The summed E-state index contributed by atoms with van der Waals surface area (Å²) in [5.41, 5.74) is 1.85. The number of aromatic nitrogens is 1. The van der Waals surface area contributed by atoms with Gasteiger partial charge in [0.15, 0.2) is 0 Å². The van der Waals surface area contributed by atoms with Crippen molar-refractivity contribution >= 4 is 0 Å². The van der Waals surface area contributed by atoms with E-state index >= 15 is 0 Å². The Bertz CT molecular complexity index is 600. The van der Waals surface area contributed by atoms with Gasteiger partial charge in [-0.1, -0.05) is 30.3 Å². The first-order valence-corrected chi connectivity index (χ1v) is 6.83. The molecule has 3 nitrogen and oxygen atoms in total. The van der Waals surface area contributed by atoms with Crippen molar-refractivity contribution in [1.82, 2.24) is 9.88 Å². The molecule has 0 bridgehead atoms. The third-order valence-corrected chi connectivity index (χ3v) is 3.47. The van der Waals surface area contributed by atoms with Crippen molar-refractivity contribution in [2.24, 2.45) is 0 Å². The highest BCUT2D eigenvalue weighted by atomic mass is 16.1. The van der Waals surface area contributed by atoms with Gasteiger partial charge in [-0.05, 0) is 30.5 Å². The summed E-state index contributed by atoms with van der Waals surface area (Å²) in [5, 5.41) is 3.43. The van der Waals surface area contributed by atoms with Gasteiger partial charge in [0.2, 0.25) is 0 Å². The molecule has 1 aromatic carbocycles. The summed E-state index contributed by atoms with van der Waals surface area (Å²) in [6, 6.07) is 14.4. The number of rotatable bonds is 5. The molecule has 2 aromatic rings. The highest BCUT2D eigenvalue weighted by Gasteiger charge is 2.19. The number of hydrogen-bond donors (Lipinski definition) is 1. The molecule has 1 fully saturated rings. The van der Waals surface area contributed by atoms with Crippen LogP contribution in [0.15, 0.2) is 53.5 Å². The molecular weight excluding hydrogens is 236 g/mol. The Morgan fingerprint density at radius 3 is 2.63 bits per heavy atom. The van der Waals surface area contributed by atoms with Gasteiger partial charge in [0.05, 0.1) is 0 Å². The van der Waals surface area contributed by atoms with E-state index in [2.05, 4.69) is 5.32 Å². The Morgan fingerprint density at radius 1 is 1.11 bits per heavy atom. The second-order valence-electron chi connectivity index (χ2n) is 5.01. The van der Waals surface area contributed by atoms with Crippen LogP contribution in [0, 0.1) is 0 Å². The maximum absolute atomic E-state index is 12.4. The van der Waals surface area contributed by atoms with Crippen molar-refractivity contribution in [3.8, 4) is 11.1 Å². The Labute approximate surface area is 112 Å². The highest BCUT2D eigenvalue weighted by molar-refractivity contribution is 5.61. The van der Waals surface area contributed by atoms with Crippen LogP contribution in [-0.2, 0) is 6.54 Å². The number of nitrogens with one attached hydrogen (secondary N) is 1. The highest BCUT2D eigenvalue weighted by Crippen LogP contribution is 2.18. The van der Waals surface area contributed by atoms with Gasteiger partial charge < -0.3 is 9.88 Å². The van der Waals surface area contributed by atoms with Gasteiger partial charge in [-0.15, -0.1) is 0 Å². The predicted molar refractivity (Wildman–Crippen MR) is 77.2 cm³/mol. The molecule has 3 rings (SSSR count). The molecule has 0 radical (unpaired) electrons. The van der Waals surface area contributed by atoms with Crippen LogP contribution in [0.5, 0.6) is 0 Å². The minimum Gasteiger partial charge on any atom is -0.314 e. The van der Waals surface area contributed by atoms with Gasteiger partial charge in [0.25, 0.3) is 5.56 Å². The molecule has 0 unspecified atom stereocenters. The summed E-state index contributed by atoms with van der Waals surface area (Å²) >= 11 is 0. The molecule has 1 aliphatic carbocycles. The number of benzene rings is 1. The van der Waals surface area contributed by atoms with Crippen LogP contribution in [-0.4, -0.2) is 17.2 Å². The second kappa shape index (κ2) is 5.41. The first-order chi connectivity index (χ1) is 9.34. The average Bonchev–Trinajstić information content (AvgIpc) is 3.26. The standard InChI is InChI=1S/C16H18N2O/c19-16-15(13-5-2-1-3-6-13)7-4-11-18(16)12-10-17-14-8-9-14/h1-7,11,14,17H,8-10,12H2. The van der Waals surface area contributed by atoms with Crippen molar-refractivity contribution in [2.45, 2.75) is 25.4 Å². The molecule has 0 saturated heterocycles. The molecule has 0 atom stereocenters. The lowest BCUT2D eigenvalue weighted by atomic mass is 10.1. The zero-order valence-electron chi connectivity index (χ0n) is 10.9. The van der Waals surface area contributed by atoms with Crippen LogP contribution in [0.25, 0.3) is 11.1 Å². The van der Waals surface area contributed by atoms with E-state index in [0.717, 1.165) is 24.2 Å². The molecule has 1 aromatic heterocycles. The Kier molecular flexibility index (Phi) is 3.47. The quantitative estimate of drug-likeness (QED) is 0.888. The van der Waals surface area contributed by atoms with E-state index in [1.165, 1.54) is 12.8 Å². The van der Waals surface area contributed by atoms with Gasteiger partial charge in [-0.2, -0.15) is 0 Å². The SMILES string of the molecule is O=c1c(-c2ccccc2)cccn1CCNC1CC1. The Morgan fingerprint density at radius 2 is 1.89 bits per heavy atom. The van der Waals surface area contributed by atoms with E-state index in [4.69, 9.17) is 0 Å². The fourth-order valence-corrected chi connectivity index (χ4v) is 2.23. The van der Waals surface area contributed by atoms with E-state index in [9.17, 15) is 4.79 Å². The van der Waals surface area contributed by atoms with Crippen LogP contribution in [0.4, 0.5) is 0 Å². The van der Waals surface area contributed by atoms with E-state index in [1.807, 2.05) is 48.7 Å². The lowest BCUT2D eigenvalue weighted by molar-refractivity contribution is 0.583. The van der Waals surface area contributed by atoms with Gasteiger partial charge in [0.1, 0.15) is 0 Å². The summed E-state index contributed by atoms with van der Waals surface area (Å²) in [7, 11) is 0. The third kappa shape index (κ3) is 2.93. The number of hydrogen-bond acceptors (Lipinski definition) is 2. The van der Waals surface area contributed by atoms with Crippen LogP contribution in [0.1, 0.15) is 12.8 Å². The largest absolute Gasteiger partial charge is 0.314 e. The zero-order chi connectivity index (χ0) is 13.1. The van der Waals surface area contributed by atoms with Gasteiger partial charge in [-0.25, -0.2) is 0 Å². The van der Waals surface area contributed by atoms with Crippen LogP contribution < -0.4 is 10.9 Å². The maximum atomic E-state index is 12.4. The normalized spacial score (nSPS) is 14.5.